The quantitative estimate of drug-likeness (QED) is 0.836. The van der Waals surface area contributed by atoms with Gasteiger partial charge in [-0.1, -0.05) is 24.3 Å². The summed E-state index contributed by atoms with van der Waals surface area (Å²) in [5.74, 6) is 0.764. The van der Waals surface area contributed by atoms with Gasteiger partial charge in [0.15, 0.2) is 0 Å². The highest BCUT2D eigenvalue weighted by atomic mass is 16.5. The molecule has 0 spiro atoms. The van der Waals surface area contributed by atoms with E-state index in [-0.39, 0.29) is 5.91 Å². The molecule has 0 unspecified atom stereocenters. The molecule has 0 N–H and O–H groups in total. The Morgan fingerprint density at radius 1 is 1.16 bits per heavy atom. The number of methoxy groups -OCH3 is 1. The molecular formula is C21H26N2O2. The van der Waals surface area contributed by atoms with E-state index in [1.54, 1.807) is 19.5 Å². The molecule has 4 nitrogen and oxygen atoms in total. The van der Waals surface area contributed by atoms with Gasteiger partial charge in [0, 0.05) is 32.6 Å². The van der Waals surface area contributed by atoms with E-state index in [0.29, 0.717) is 12.5 Å². The van der Waals surface area contributed by atoms with Crippen molar-refractivity contribution in [1.29, 1.82) is 0 Å². The number of carbonyl (C=O) groups is 1. The van der Waals surface area contributed by atoms with Crippen LogP contribution in [0.25, 0.3) is 0 Å². The van der Waals surface area contributed by atoms with Crippen molar-refractivity contribution >= 4 is 5.91 Å². The van der Waals surface area contributed by atoms with E-state index in [2.05, 4.69) is 29.2 Å². The van der Waals surface area contributed by atoms with Gasteiger partial charge in [-0.3, -0.25) is 9.78 Å². The smallest absolute Gasteiger partial charge is 0.255 e. The average molecular weight is 338 g/mol. The maximum absolute atomic E-state index is 12.7. The zero-order chi connectivity index (χ0) is 17.6. The number of hydrogen-bond acceptors (Lipinski definition) is 3. The minimum atomic E-state index is 0.118. The highest BCUT2D eigenvalue weighted by Gasteiger charge is 2.24. The van der Waals surface area contributed by atoms with Gasteiger partial charge in [0.25, 0.3) is 5.91 Å². The van der Waals surface area contributed by atoms with Crippen LogP contribution in [0.5, 0.6) is 0 Å². The van der Waals surface area contributed by atoms with Gasteiger partial charge >= 0.3 is 0 Å². The van der Waals surface area contributed by atoms with E-state index >= 15 is 0 Å². The molecule has 1 aliphatic rings. The molecule has 3 rings (SSSR count). The van der Waals surface area contributed by atoms with Crippen LogP contribution in [0, 0.1) is 12.8 Å². The number of hydrogen-bond donors (Lipinski definition) is 0. The summed E-state index contributed by atoms with van der Waals surface area (Å²) in [4.78, 5) is 18.7. The fraction of sp³-hybridized carbons (Fsp3) is 0.429. The number of benzene rings is 1. The van der Waals surface area contributed by atoms with Gasteiger partial charge in [0.2, 0.25) is 0 Å². The minimum Gasteiger partial charge on any atom is -0.380 e. The van der Waals surface area contributed by atoms with Crippen LogP contribution in [0.3, 0.4) is 0 Å². The molecule has 4 heteroatoms. The molecule has 2 aromatic rings. The van der Waals surface area contributed by atoms with Crippen molar-refractivity contribution in [3.63, 3.8) is 0 Å². The maximum atomic E-state index is 12.7. The monoisotopic (exact) mass is 338 g/mol. The summed E-state index contributed by atoms with van der Waals surface area (Å²) in [6.07, 6.45) is 6.62. The SMILES string of the molecule is COCc1ccc(CC2CCN(C(=O)c3cnccc3C)CC2)cc1. The lowest BCUT2D eigenvalue weighted by Crippen LogP contribution is -2.39. The normalized spacial score (nSPS) is 15.4. The molecule has 2 heterocycles. The number of ether oxygens (including phenoxy) is 1. The van der Waals surface area contributed by atoms with E-state index in [0.717, 1.165) is 43.5 Å². The zero-order valence-electron chi connectivity index (χ0n) is 15.1. The Labute approximate surface area is 149 Å². The van der Waals surface area contributed by atoms with E-state index in [1.165, 1.54) is 11.1 Å². The van der Waals surface area contributed by atoms with Gasteiger partial charge in [-0.25, -0.2) is 0 Å². The molecule has 1 saturated heterocycles. The molecule has 0 radical (unpaired) electrons. The summed E-state index contributed by atoms with van der Waals surface area (Å²) in [5.41, 5.74) is 4.30. The summed E-state index contributed by atoms with van der Waals surface area (Å²) in [5, 5.41) is 0. The van der Waals surface area contributed by atoms with Crippen LogP contribution in [-0.4, -0.2) is 36.0 Å². The number of carbonyl (C=O) groups excluding carboxylic acids is 1. The molecule has 1 amide bonds. The molecule has 1 aromatic heterocycles. The number of rotatable bonds is 5. The van der Waals surface area contributed by atoms with Crippen LogP contribution in [0.1, 0.15) is 39.9 Å². The van der Waals surface area contributed by atoms with Crippen LogP contribution in [0.2, 0.25) is 0 Å². The summed E-state index contributed by atoms with van der Waals surface area (Å²) >= 11 is 0. The lowest BCUT2D eigenvalue weighted by molar-refractivity contribution is 0.0689. The lowest BCUT2D eigenvalue weighted by Gasteiger charge is -2.32. The molecular weight excluding hydrogens is 312 g/mol. The topological polar surface area (TPSA) is 42.4 Å². The fourth-order valence-electron chi connectivity index (χ4n) is 3.47. The van der Waals surface area contributed by atoms with Gasteiger partial charge < -0.3 is 9.64 Å². The van der Waals surface area contributed by atoms with Gasteiger partial charge in [0.1, 0.15) is 0 Å². The molecule has 0 saturated carbocycles. The number of piperidine rings is 1. The predicted molar refractivity (Wildman–Crippen MR) is 98.5 cm³/mol. The molecule has 1 aliphatic heterocycles. The molecule has 132 valence electrons. The van der Waals surface area contributed by atoms with Crippen LogP contribution in [0.15, 0.2) is 42.7 Å². The highest BCUT2D eigenvalue weighted by molar-refractivity contribution is 5.95. The third kappa shape index (κ3) is 4.45. The van der Waals surface area contributed by atoms with Gasteiger partial charge in [0.05, 0.1) is 12.2 Å². The highest BCUT2D eigenvalue weighted by Crippen LogP contribution is 2.23. The molecule has 0 atom stereocenters. The summed E-state index contributed by atoms with van der Waals surface area (Å²) in [7, 11) is 1.72. The molecule has 1 aromatic carbocycles. The largest absolute Gasteiger partial charge is 0.380 e. The zero-order valence-corrected chi connectivity index (χ0v) is 15.1. The van der Waals surface area contributed by atoms with E-state index in [1.807, 2.05) is 17.9 Å². The van der Waals surface area contributed by atoms with Crippen LogP contribution in [-0.2, 0) is 17.8 Å². The number of aromatic nitrogens is 1. The van der Waals surface area contributed by atoms with Crippen molar-refractivity contribution in [2.75, 3.05) is 20.2 Å². The summed E-state index contributed by atoms with van der Waals surface area (Å²) in [6, 6.07) is 10.6. The van der Waals surface area contributed by atoms with Gasteiger partial charge in [-0.15, -0.1) is 0 Å². The van der Waals surface area contributed by atoms with Crippen molar-refractivity contribution < 1.29 is 9.53 Å². The lowest BCUT2D eigenvalue weighted by atomic mass is 9.89. The summed E-state index contributed by atoms with van der Waals surface area (Å²) in [6.45, 7) is 4.29. The number of nitrogens with zero attached hydrogens (tertiary/aromatic N) is 2. The summed E-state index contributed by atoms with van der Waals surface area (Å²) < 4.78 is 5.15. The first kappa shape index (κ1) is 17.6. The second-order valence-corrected chi connectivity index (χ2v) is 6.88. The Morgan fingerprint density at radius 2 is 1.84 bits per heavy atom. The standard InChI is InChI=1S/C21H26N2O2/c1-16-7-10-22-14-20(16)21(24)23-11-8-18(9-12-23)13-17-3-5-19(6-4-17)15-25-2/h3-7,10,14,18H,8-9,11-13,15H2,1-2H3. The Hall–Kier alpha value is -2.20. The third-order valence-corrected chi connectivity index (χ3v) is 5.03. The first-order valence-corrected chi connectivity index (χ1v) is 8.94. The Morgan fingerprint density at radius 3 is 2.48 bits per heavy atom. The van der Waals surface area contributed by atoms with E-state index < -0.39 is 0 Å². The second-order valence-electron chi connectivity index (χ2n) is 6.88. The molecule has 0 aliphatic carbocycles. The van der Waals surface area contributed by atoms with E-state index in [4.69, 9.17) is 4.74 Å². The van der Waals surface area contributed by atoms with Gasteiger partial charge in [-0.05, 0) is 54.9 Å². The van der Waals surface area contributed by atoms with E-state index in [9.17, 15) is 4.79 Å². The molecule has 0 bridgehead atoms. The Balaban J connectivity index is 1.53. The number of amides is 1. The van der Waals surface area contributed by atoms with Crippen LogP contribution in [0.4, 0.5) is 0 Å². The second kappa shape index (κ2) is 8.26. The van der Waals surface area contributed by atoms with Crippen molar-refractivity contribution in [2.45, 2.75) is 32.8 Å². The number of pyridine rings is 1. The third-order valence-electron chi connectivity index (χ3n) is 5.03. The first-order valence-electron chi connectivity index (χ1n) is 8.94. The van der Waals surface area contributed by atoms with Crippen molar-refractivity contribution in [2.24, 2.45) is 5.92 Å². The van der Waals surface area contributed by atoms with Crippen molar-refractivity contribution in [3.8, 4) is 0 Å². The minimum absolute atomic E-state index is 0.118. The molecule has 1 fully saturated rings. The first-order chi connectivity index (χ1) is 12.2. The predicted octanol–water partition coefficient (Wildman–Crippen LogP) is 3.63. The maximum Gasteiger partial charge on any atom is 0.255 e. The van der Waals surface area contributed by atoms with Gasteiger partial charge in [-0.2, -0.15) is 0 Å². The number of aryl methyl sites for hydroxylation is 1. The Bertz CT molecular complexity index is 704. The van der Waals surface area contributed by atoms with Crippen molar-refractivity contribution in [3.05, 3.63) is 65.0 Å². The average Bonchev–Trinajstić information content (AvgIpc) is 2.64. The Kier molecular flexibility index (Phi) is 5.82. The van der Waals surface area contributed by atoms with Crippen molar-refractivity contribution in [1.82, 2.24) is 9.88 Å². The molecule has 25 heavy (non-hydrogen) atoms. The van der Waals surface area contributed by atoms with Crippen LogP contribution >= 0.6 is 0 Å². The van der Waals surface area contributed by atoms with Crippen LogP contribution < -0.4 is 0 Å². The fourth-order valence-corrected chi connectivity index (χ4v) is 3.47. The number of likely N-dealkylation sites (tertiary alicyclic amines) is 1.